The second kappa shape index (κ2) is 10.4. The van der Waals surface area contributed by atoms with Gasteiger partial charge in [-0.25, -0.2) is 4.39 Å². The molecule has 0 heterocycles. The SMILES string of the molecule is Cc1cc(N(CCC#N)C(=O)COC(=O)CCc2ccc(F)cc2)ccc1Cl. The van der Waals surface area contributed by atoms with Crippen LogP contribution in [0.4, 0.5) is 10.1 Å². The van der Waals surface area contributed by atoms with Crippen LogP contribution >= 0.6 is 11.6 Å². The Hall–Kier alpha value is -2.91. The summed E-state index contributed by atoms with van der Waals surface area (Å²) < 4.78 is 18.0. The maximum atomic E-state index is 12.9. The molecule has 7 heteroatoms. The zero-order valence-corrected chi connectivity index (χ0v) is 16.2. The summed E-state index contributed by atoms with van der Waals surface area (Å²) in [4.78, 5) is 25.9. The molecule has 0 unspecified atom stereocenters. The number of nitrogens with zero attached hydrogens (tertiary/aromatic N) is 2. The van der Waals surface area contributed by atoms with Crippen molar-refractivity contribution in [3.63, 3.8) is 0 Å². The number of benzene rings is 2. The van der Waals surface area contributed by atoms with Crippen molar-refractivity contribution in [1.82, 2.24) is 0 Å². The molecule has 0 bridgehead atoms. The number of hydrogen-bond acceptors (Lipinski definition) is 4. The van der Waals surface area contributed by atoms with Gasteiger partial charge in [0.15, 0.2) is 6.61 Å². The Balaban J connectivity index is 1.92. The molecule has 0 saturated heterocycles. The van der Waals surface area contributed by atoms with Gasteiger partial charge in [-0.15, -0.1) is 0 Å². The van der Waals surface area contributed by atoms with Gasteiger partial charge in [-0.2, -0.15) is 5.26 Å². The highest BCUT2D eigenvalue weighted by Crippen LogP contribution is 2.23. The molecule has 28 heavy (non-hydrogen) atoms. The molecule has 146 valence electrons. The van der Waals surface area contributed by atoms with E-state index in [2.05, 4.69) is 0 Å². The van der Waals surface area contributed by atoms with E-state index in [9.17, 15) is 14.0 Å². The molecule has 2 rings (SSSR count). The fraction of sp³-hybridized carbons (Fsp3) is 0.286. The van der Waals surface area contributed by atoms with E-state index in [1.165, 1.54) is 17.0 Å². The molecule has 0 radical (unpaired) electrons. The summed E-state index contributed by atoms with van der Waals surface area (Å²) in [5.74, 6) is -1.29. The second-order valence-electron chi connectivity index (χ2n) is 6.17. The summed E-state index contributed by atoms with van der Waals surface area (Å²) in [6, 6.07) is 12.9. The number of esters is 1. The largest absolute Gasteiger partial charge is 0.456 e. The molecule has 0 aliphatic carbocycles. The minimum atomic E-state index is -0.523. The fourth-order valence-corrected chi connectivity index (χ4v) is 2.66. The van der Waals surface area contributed by atoms with Crippen LogP contribution in [0.1, 0.15) is 24.0 Å². The number of ether oxygens (including phenoxy) is 1. The van der Waals surface area contributed by atoms with Gasteiger partial charge >= 0.3 is 5.97 Å². The molecule has 0 fully saturated rings. The number of nitriles is 1. The monoisotopic (exact) mass is 402 g/mol. The Morgan fingerprint density at radius 3 is 2.57 bits per heavy atom. The Morgan fingerprint density at radius 2 is 1.93 bits per heavy atom. The quantitative estimate of drug-likeness (QED) is 0.620. The van der Waals surface area contributed by atoms with Gasteiger partial charge < -0.3 is 9.64 Å². The first-order chi connectivity index (χ1) is 13.4. The van der Waals surface area contributed by atoms with Crippen molar-refractivity contribution >= 4 is 29.2 Å². The van der Waals surface area contributed by atoms with Gasteiger partial charge in [-0.3, -0.25) is 9.59 Å². The average molecular weight is 403 g/mol. The predicted molar refractivity (Wildman–Crippen MR) is 104 cm³/mol. The summed E-state index contributed by atoms with van der Waals surface area (Å²) in [6.45, 7) is 1.58. The van der Waals surface area contributed by atoms with E-state index >= 15 is 0 Å². The number of rotatable bonds is 8. The molecule has 2 aromatic carbocycles. The van der Waals surface area contributed by atoms with Crippen molar-refractivity contribution in [2.45, 2.75) is 26.2 Å². The third-order valence-corrected chi connectivity index (χ3v) is 4.51. The first kappa shape index (κ1) is 21.4. The second-order valence-corrected chi connectivity index (χ2v) is 6.58. The lowest BCUT2D eigenvalue weighted by atomic mass is 10.1. The lowest BCUT2D eigenvalue weighted by molar-refractivity contribution is -0.147. The number of carbonyl (C=O) groups excluding carboxylic acids is 2. The fourth-order valence-electron chi connectivity index (χ4n) is 2.55. The van der Waals surface area contributed by atoms with E-state index in [1.807, 2.05) is 13.0 Å². The van der Waals surface area contributed by atoms with Gasteiger partial charge in [-0.05, 0) is 54.8 Å². The van der Waals surface area contributed by atoms with Crippen LogP contribution < -0.4 is 4.90 Å². The van der Waals surface area contributed by atoms with E-state index < -0.39 is 18.5 Å². The third-order valence-electron chi connectivity index (χ3n) is 4.09. The molecule has 2 aromatic rings. The van der Waals surface area contributed by atoms with Gasteiger partial charge in [0.1, 0.15) is 5.82 Å². The maximum absolute atomic E-state index is 12.9. The first-order valence-corrected chi connectivity index (χ1v) is 9.12. The Bertz CT molecular complexity index is 878. The van der Waals surface area contributed by atoms with E-state index in [4.69, 9.17) is 21.6 Å². The van der Waals surface area contributed by atoms with Crippen molar-refractivity contribution in [2.24, 2.45) is 0 Å². The summed E-state index contributed by atoms with van der Waals surface area (Å²) in [7, 11) is 0. The molecule has 5 nitrogen and oxygen atoms in total. The molecule has 0 aliphatic rings. The number of amides is 1. The van der Waals surface area contributed by atoms with Crippen LogP contribution in [0.15, 0.2) is 42.5 Å². The van der Waals surface area contributed by atoms with Crippen LogP contribution in [-0.2, 0) is 20.7 Å². The number of carbonyl (C=O) groups is 2. The molecule has 0 N–H and O–H groups in total. The van der Waals surface area contributed by atoms with Crippen molar-refractivity contribution < 1.29 is 18.7 Å². The van der Waals surface area contributed by atoms with Crippen LogP contribution in [0.25, 0.3) is 0 Å². The predicted octanol–water partition coefficient (Wildman–Crippen LogP) is 4.21. The number of aryl methyl sites for hydroxylation is 2. The molecule has 0 saturated carbocycles. The van der Waals surface area contributed by atoms with Crippen LogP contribution in [0.2, 0.25) is 5.02 Å². The topological polar surface area (TPSA) is 70.4 Å². The van der Waals surface area contributed by atoms with Crippen molar-refractivity contribution in [2.75, 3.05) is 18.1 Å². The molecular weight excluding hydrogens is 383 g/mol. The van der Waals surface area contributed by atoms with E-state index in [0.717, 1.165) is 11.1 Å². The molecule has 1 amide bonds. The van der Waals surface area contributed by atoms with Crippen LogP contribution in [0.5, 0.6) is 0 Å². The first-order valence-electron chi connectivity index (χ1n) is 8.74. The summed E-state index contributed by atoms with van der Waals surface area (Å²) in [6.07, 6.45) is 0.616. The van der Waals surface area contributed by atoms with Crippen LogP contribution in [0, 0.1) is 24.1 Å². The summed E-state index contributed by atoms with van der Waals surface area (Å²) >= 11 is 6.02. The lowest BCUT2D eigenvalue weighted by Gasteiger charge is -2.22. The van der Waals surface area contributed by atoms with E-state index in [1.54, 1.807) is 30.3 Å². The Morgan fingerprint density at radius 1 is 1.21 bits per heavy atom. The molecule has 0 atom stereocenters. The van der Waals surface area contributed by atoms with E-state index in [0.29, 0.717) is 17.1 Å². The maximum Gasteiger partial charge on any atom is 0.306 e. The number of hydrogen-bond donors (Lipinski definition) is 0. The number of anilines is 1. The highest BCUT2D eigenvalue weighted by atomic mass is 35.5. The van der Waals surface area contributed by atoms with Crippen molar-refractivity contribution in [3.05, 3.63) is 64.4 Å². The molecule has 0 aliphatic heterocycles. The zero-order valence-electron chi connectivity index (χ0n) is 15.5. The molecule has 0 aromatic heterocycles. The molecule has 0 spiro atoms. The lowest BCUT2D eigenvalue weighted by Crippen LogP contribution is -2.35. The summed E-state index contributed by atoms with van der Waals surface area (Å²) in [5.41, 5.74) is 2.19. The zero-order chi connectivity index (χ0) is 20.5. The van der Waals surface area contributed by atoms with E-state index in [-0.39, 0.29) is 25.2 Å². The van der Waals surface area contributed by atoms with Gasteiger partial charge in [0, 0.05) is 23.7 Å². The smallest absolute Gasteiger partial charge is 0.306 e. The standard InChI is InChI=1S/C21H20ClFN2O3/c1-15-13-18(8-9-19(15)22)25(12-2-11-24)20(26)14-28-21(27)10-5-16-3-6-17(23)7-4-16/h3-4,6-9,13H,2,5,10,12,14H2,1H3. The van der Waals surface area contributed by atoms with Crippen molar-refractivity contribution in [3.8, 4) is 6.07 Å². The van der Waals surface area contributed by atoms with Crippen LogP contribution in [-0.4, -0.2) is 25.0 Å². The number of halogens is 2. The third kappa shape index (κ3) is 6.36. The Labute approximate surface area is 168 Å². The average Bonchev–Trinajstić information content (AvgIpc) is 2.68. The highest BCUT2D eigenvalue weighted by Gasteiger charge is 2.18. The van der Waals surface area contributed by atoms with Crippen molar-refractivity contribution in [1.29, 1.82) is 5.26 Å². The normalized spacial score (nSPS) is 10.2. The van der Waals surface area contributed by atoms with Crippen LogP contribution in [0.3, 0.4) is 0 Å². The Kier molecular flexibility index (Phi) is 7.97. The molecular formula is C21H20ClFN2O3. The summed E-state index contributed by atoms with van der Waals surface area (Å²) in [5, 5.41) is 9.41. The highest BCUT2D eigenvalue weighted by molar-refractivity contribution is 6.31. The van der Waals surface area contributed by atoms with Gasteiger partial charge in [-0.1, -0.05) is 23.7 Å². The minimum absolute atomic E-state index is 0.0805. The van der Waals surface area contributed by atoms with Gasteiger partial charge in [0.2, 0.25) is 0 Å². The minimum Gasteiger partial charge on any atom is -0.456 e. The van der Waals surface area contributed by atoms with Gasteiger partial charge in [0.05, 0.1) is 12.5 Å². The van der Waals surface area contributed by atoms with Gasteiger partial charge in [0.25, 0.3) is 5.91 Å².